The van der Waals surface area contributed by atoms with E-state index in [0.29, 0.717) is 17.9 Å². The minimum Gasteiger partial charge on any atom is -0.508 e. The molecule has 1 fully saturated rings. The molecule has 0 bridgehead atoms. The van der Waals surface area contributed by atoms with E-state index in [1.165, 1.54) is 31.2 Å². The summed E-state index contributed by atoms with van der Waals surface area (Å²) >= 11 is 0. The van der Waals surface area contributed by atoms with Gasteiger partial charge in [-0.15, -0.1) is 0 Å². The molecule has 0 saturated heterocycles. The normalized spacial score (nSPS) is 18.4. The standard InChI is InChI=1S/C14H21NO2/c1-11(15-17-14-4-2-3-5-14)10-12-6-8-13(16)9-7-12/h6-9,11,14-16H,2-5,10H2,1H3. The van der Waals surface area contributed by atoms with Crippen LogP contribution < -0.4 is 5.48 Å². The highest BCUT2D eigenvalue weighted by molar-refractivity contribution is 5.26. The van der Waals surface area contributed by atoms with E-state index in [9.17, 15) is 5.11 Å². The number of hydrogen-bond acceptors (Lipinski definition) is 3. The molecule has 1 atom stereocenters. The monoisotopic (exact) mass is 235 g/mol. The number of nitrogens with one attached hydrogen (secondary N) is 1. The van der Waals surface area contributed by atoms with Crippen molar-refractivity contribution in [3.63, 3.8) is 0 Å². The molecule has 0 aliphatic heterocycles. The summed E-state index contributed by atoms with van der Waals surface area (Å²) in [6.45, 7) is 2.11. The Bertz CT molecular complexity index is 331. The molecule has 0 heterocycles. The first-order valence-electron chi connectivity index (χ1n) is 6.43. The molecule has 1 aliphatic carbocycles. The molecule has 17 heavy (non-hydrogen) atoms. The summed E-state index contributed by atoms with van der Waals surface area (Å²) < 4.78 is 0. The van der Waals surface area contributed by atoms with Gasteiger partial charge in [-0.25, -0.2) is 0 Å². The van der Waals surface area contributed by atoms with Crippen LogP contribution in [0.15, 0.2) is 24.3 Å². The fourth-order valence-electron chi connectivity index (χ4n) is 2.25. The summed E-state index contributed by atoms with van der Waals surface area (Å²) in [6, 6.07) is 7.63. The smallest absolute Gasteiger partial charge is 0.115 e. The van der Waals surface area contributed by atoms with Crippen molar-refractivity contribution in [3.05, 3.63) is 29.8 Å². The largest absolute Gasteiger partial charge is 0.508 e. The van der Waals surface area contributed by atoms with E-state index in [1.54, 1.807) is 12.1 Å². The van der Waals surface area contributed by atoms with Gasteiger partial charge in [-0.3, -0.25) is 4.84 Å². The summed E-state index contributed by atoms with van der Waals surface area (Å²) in [5.74, 6) is 0.316. The quantitative estimate of drug-likeness (QED) is 0.771. The highest BCUT2D eigenvalue weighted by Gasteiger charge is 2.16. The molecular formula is C14H21NO2. The number of aromatic hydroxyl groups is 1. The van der Waals surface area contributed by atoms with Crippen molar-refractivity contribution < 1.29 is 9.94 Å². The summed E-state index contributed by atoms with van der Waals surface area (Å²) in [6.07, 6.45) is 6.25. The lowest BCUT2D eigenvalue weighted by Gasteiger charge is -2.17. The molecule has 1 unspecified atom stereocenters. The van der Waals surface area contributed by atoms with E-state index >= 15 is 0 Å². The third-order valence-corrected chi connectivity index (χ3v) is 3.22. The van der Waals surface area contributed by atoms with E-state index < -0.39 is 0 Å². The second-order valence-corrected chi connectivity index (χ2v) is 4.91. The molecule has 0 spiro atoms. The molecule has 1 aliphatic rings. The van der Waals surface area contributed by atoms with Gasteiger partial charge in [0, 0.05) is 6.04 Å². The second-order valence-electron chi connectivity index (χ2n) is 4.91. The molecule has 1 saturated carbocycles. The Kier molecular flexibility index (Phi) is 4.40. The second kappa shape index (κ2) is 6.03. The Morgan fingerprint density at radius 2 is 1.94 bits per heavy atom. The zero-order chi connectivity index (χ0) is 12.1. The third kappa shape index (κ3) is 4.02. The van der Waals surface area contributed by atoms with Crippen molar-refractivity contribution >= 4 is 0 Å². The van der Waals surface area contributed by atoms with Crippen LogP contribution >= 0.6 is 0 Å². The average molecular weight is 235 g/mol. The predicted molar refractivity (Wildman–Crippen MR) is 67.7 cm³/mol. The van der Waals surface area contributed by atoms with Crippen LogP contribution in [0.25, 0.3) is 0 Å². The Hall–Kier alpha value is -1.06. The Balaban J connectivity index is 1.72. The molecule has 0 radical (unpaired) electrons. The van der Waals surface area contributed by atoms with Gasteiger partial charge in [0.15, 0.2) is 0 Å². The first-order valence-corrected chi connectivity index (χ1v) is 6.43. The summed E-state index contributed by atoms with van der Waals surface area (Å²) in [7, 11) is 0. The van der Waals surface area contributed by atoms with Crippen molar-refractivity contribution in [2.24, 2.45) is 0 Å². The average Bonchev–Trinajstić information content (AvgIpc) is 2.83. The van der Waals surface area contributed by atoms with E-state index in [2.05, 4.69) is 12.4 Å². The number of benzene rings is 1. The Morgan fingerprint density at radius 3 is 2.59 bits per heavy atom. The number of phenols is 1. The van der Waals surface area contributed by atoms with Crippen LogP contribution in [0.5, 0.6) is 5.75 Å². The molecule has 1 aromatic carbocycles. The van der Waals surface area contributed by atoms with Gasteiger partial charge in [-0.2, -0.15) is 5.48 Å². The van der Waals surface area contributed by atoms with Gasteiger partial charge in [-0.05, 0) is 43.9 Å². The molecule has 0 aromatic heterocycles. The minimum absolute atomic E-state index is 0.292. The van der Waals surface area contributed by atoms with Crippen LogP contribution in [0.4, 0.5) is 0 Å². The Labute approximate surface area is 103 Å². The van der Waals surface area contributed by atoms with Gasteiger partial charge in [-0.1, -0.05) is 25.0 Å². The summed E-state index contributed by atoms with van der Waals surface area (Å²) in [5, 5.41) is 9.20. The maximum atomic E-state index is 9.20. The van der Waals surface area contributed by atoms with Crippen LogP contribution in [0.2, 0.25) is 0 Å². The minimum atomic E-state index is 0.292. The first kappa shape index (κ1) is 12.4. The van der Waals surface area contributed by atoms with E-state index in [-0.39, 0.29) is 0 Å². The number of hydroxylamine groups is 1. The van der Waals surface area contributed by atoms with E-state index in [4.69, 9.17) is 4.84 Å². The fraction of sp³-hybridized carbons (Fsp3) is 0.571. The third-order valence-electron chi connectivity index (χ3n) is 3.22. The van der Waals surface area contributed by atoms with Crippen LogP contribution in [-0.4, -0.2) is 17.3 Å². The predicted octanol–water partition coefficient (Wildman–Crippen LogP) is 2.79. The van der Waals surface area contributed by atoms with Crippen molar-refractivity contribution in [3.8, 4) is 5.75 Å². The van der Waals surface area contributed by atoms with Crippen LogP contribution in [-0.2, 0) is 11.3 Å². The van der Waals surface area contributed by atoms with Gasteiger partial charge in [0.05, 0.1) is 6.10 Å². The lowest BCUT2D eigenvalue weighted by molar-refractivity contribution is -0.0369. The van der Waals surface area contributed by atoms with Crippen molar-refractivity contribution in [1.29, 1.82) is 0 Å². The molecule has 94 valence electrons. The van der Waals surface area contributed by atoms with Crippen LogP contribution in [0.1, 0.15) is 38.2 Å². The molecule has 1 aromatic rings. The molecule has 2 N–H and O–H groups in total. The SMILES string of the molecule is CC(Cc1ccc(O)cc1)NOC1CCCC1. The zero-order valence-electron chi connectivity index (χ0n) is 10.4. The van der Waals surface area contributed by atoms with Gasteiger partial charge >= 0.3 is 0 Å². The fourth-order valence-corrected chi connectivity index (χ4v) is 2.25. The number of phenolic OH excluding ortho intramolecular Hbond substituents is 1. The molecule has 0 amide bonds. The van der Waals surface area contributed by atoms with Gasteiger partial charge in [0.2, 0.25) is 0 Å². The van der Waals surface area contributed by atoms with Crippen LogP contribution in [0, 0.1) is 0 Å². The zero-order valence-corrected chi connectivity index (χ0v) is 10.4. The molecule has 3 nitrogen and oxygen atoms in total. The molecule has 2 rings (SSSR count). The maximum Gasteiger partial charge on any atom is 0.115 e. The van der Waals surface area contributed by atoms with Crippen molar-refractivity contribution in [1.82, 2.24) is 5.48 Å². The molecule has 3 heteroatoms. The van der Waals surface area contributed by atoms with Gasteiger partial charge in [0.25, 0.3) is 0 Å². The summed E-state index contributed by atoms with van der Waals surface area (Å²) in [5.41, 5.74) is 4.33. The highest BCUT2D eigenvalue weighted by atomic mass is 16.7. The van der Waals surface area contributed by atoms with E-state index in [0.717, 1.165) is 6.42 Å². The Morgan fingerprint density at radius 1 is 1.29 bits per heavy atom. The molecular weight excluding hydrogens is 214 g/mol. The lowest BCUT2D eigenvalue weighted by Crippen LogP contribution is -2.31. The van der Waals surface area contributed by atoms with Crippen molar-refractivity contribution in [2.75, 3.05) is 0 Å². The van der Waals surface area contributed by atoms with Crippen LogP contribution in [0.3, 0.4) is 0 Å². The number of hydrogen-bond donors (Lipinski definition) is 2. The topological polar surface area (TPSA) is 41.5 Å². The first-order chi connectivity index (χ1) is 8.24. The summed E-state index contributed by atoms with van der Waals surface area (Å²) in [4.78, 5) is 5.66. The highest BCUT2D eigenvalue weighted by Crippen LogP contribution is 2.20. The number of rotatable bonds is 5. The van der Waals surface area contributed by atoms with Crippen molar-refractivity contribution in [2.45, 2.75) is 51.2 Å². The van der Waals surface area contributed by atoms with Gasteiger partial charge < -0.3 is 5.11 Å². The maximum absolute atomic E-state index is 9.20. The van der Waals surface area contributed by atoms with Gasteiger partial charge in [0.1, 0.15) is 5.75 Å². The lowest BCUT2D eigenvalue weighted by atomic mass is 10.1. The van der Waals surface area contributed by atoms with E-state index in [1.807, 2.05) is 12.1 Å².